The quantitative estimate of drug-likeness (QED) is 0.717. The smallest absolute Gasteiger partial charge is 0.309 e. The van der Waals surface area contributed by atoms with E-state index in [0.29, 0.717) is 16.9 Å². The minimum Gasteiger partial charge on any atom is -0.457 e. The minimum atomic E-state index is -0.103. The van der Waals surface area contributed by atoms with E-state index in [9.17, 15) is 4.79 Å². The highest BCUT2D eigenvalue weighted by molar-refractivity contribution is 6.30. The Balaban J connectivity index is 1.88. The maximum atomic E-state index is 12.0. The van der Waals surface area contributed by atoms with Gasteiger partial charge < -0.3 is 4.74 Å². The number of carbonyl (C=O) groups is 1. The highest BCUT2D eigenvalue weighted by Crippen LogP contribution is 2.48. The molecule has 3 heteroatoms. The van der Waals surface area contributed by atoms with Crippen molar-refractivity contribution in [3.05, 3.63) is 34.9 Å². The summed E-state index contributed by atoms with van der Waals surface area (Å²) in [5.41, 5.74) is 1.06. The molecule has 1 aliphatic heterocycles. The molecule has 0 aromatic heterocycles. The Bertz CT molecular complexity index is 454. The summed E-state index contributed by atoms with van der Waals surface area (Å²) in [5.74, 6) is 1.03. The van der Waals surface area contributed by atoms with Crippen molar-refractivity contribution in [1.29, 1.82) is 0 Å². The number of rotatable bonds is 1. The molecule has 1 aromatic carbocycles. The first-order valence-corrected chi connectivity index (χ1v) is 7.00. The van der Waals surface area contributed by atoms with Gasteiger partial charge in [0.2, 0.25) is 0 Å². The van der Waals surface area contributed by atoms with Gasteiger partial charge in [-0.3, -0.25) is 4.79 Å². The summed E-state index contributed by atoms with van der Waals surface area (Å²) in [7, 11) is 0. The molecule has 96 valence electrons. The van der Waals surface area contributed by atoms with Gasteiger partial charge in [-0.2, -0.15) is 0 Å². The molecule has 0 bridgehead atoms. The highest BCUT2D eigenvalue weighted by Gasteiger charge is 2.46. The zero-order valence-electron chi connectivity index (χ0n) is 10.4. The second-order valence-corrected chi connectivity index (χ2v) is 5.91. The molecule has 0 amide bonds. The molecule has 1 saturated heterocycles. The topological polar surface area (TPSA) is 26.3 Å². The molecule has 1 saturated carbocycles. The van der Waals surface area contributed by atoms with E-state index < -0.39 is 0 Å². The van der Waals surface area contributed by atoms with Crippen LogP contribution in [-0.4, -0.2) is 5.97 Å². The van der Waals surface area contributed by atoms with Crippen LogP contribution in [0.15, 0.2) is 24.3 Å². The molecule has 18 heavy (non-hydrogen) atoms. The van der Waals surface area contributed by atoms with E-state index in [2.05, 4.69) is 6.92 Å². The predicted molar refractivity (Wildman–Crippen MR) is 70.3 cm³/mol. The van der Waals surface area contributed by atoms with Crippen LogP contribution in [0, 0.1) is 17.8 Å². The summed E-state index contributed by atoms with van der Waals surface area (Å²) in [6, 6.07) is 7.65. The Hall–Kier alpha value is -1.02. The number of esters is 1. The van der Waals surface area contributed by atoms with E-state index in [1.165, 1.54) is 0 Å². The van der Waals surface area contributed by atoms with Gasteiger partial charge in [0.1, 0.15) is 6.10 Å². The van der Waals surface area contributed by atoms with Crippen LogP contribution in [0.4, 0.5) is 0 Å². The summed E-state index contributed by atoms with van der Waals surface area (Å²) >= 11 is 5.90. The molecule has 2 unspecified atom stereocenters. The summed E-state index contributed by atoms with van der Waals surface area (Å²) in [5, 5.41) is 0.715. The SMILES string of the molecule is CC1[C@H]2CCCC2C(=O)O[C@H]1c1ccc(Cl)cc1. The number of ether oxygens (including phenoxy) is 1. The lowest BCUT2D eigenvalue weighted by atomic mass is 9.77. The third-order valence-electron chi connectivity index (χ3n) is 4.47. The zero-order valence-corrected chi connectivity index (χ0v) is 11.2. The molecule has 2 nitrogen and oxygen atoms in total. The first kappa shape index (κ1) is 12.0. The second-order valence-electron chi connectivity index (χ2n) is 5.47. The molecular formula is C15H17ClO2. The monoisotopic (exact) mass is 264 g/mol. The molecule has 1 heterocycles. The molecule has 0 radical (unpaired) electrons. The van der Waals surface area contributed by atoms with E-state index in [0.717, 1.165) is 24.8 Å². The number of benzene rings is 1. The largest absolute Gasteiger partial charge is 0.457 e. The van der Waals surface area contributed by atoms with Crippen molar-refractivity contribution in [3.8, 4) is 0 Å². The summed E-state index contributed by atoms with van der Waals surface area (Å²) in [6.07, 6.45) is 3.21. The van der Waals surface area contributed by atoms with Gasteiger partial charge in [-0.05, 0) is 36.5 Å². The number of carbonyl (C=O) groups excluding carboxylic acids is 1. The van der Waals surface area contributed by atoms with E-state index in [1.54, 1.807) is 0 Å². The minimum absolute atomic E-state index is 0.00412. The van der Waals surface area contributed by atoms with Crippen molar-refractivity contribution in [2.45, 2.75) is 32.3 Å². The molecular weight excluding hydrogens is 248 g/mol. The zero-order chi connectivity index (χ0) is 12.7. The third-order valence-corrected chi connectivity index (χ3v) is 4.72. The molecule has 1 aliphatic carbocycles. The Kier molecular flexibility index (Phi) is 3.06. The van der Waals surface area contributed by atoms with Crippen LogP contribution >= 0.6 is 11.6 Å². The van der Waals surface area contributed by atoms with Crippen LogP contribution in [0.25, 0.3) is 0 Å². The van der Waals surface area contributed by atoms with Crippen molar-refractivity contribution in [3.63, 3.8) is 0 Å². The van der Waals surface area contributed by atoms with Gasteiger partial charge in [0.15, 0.2) is 0 Å². The van der Waals surface area contributed by atoms with Crippen LogP contribution in [0.2, 0.25) is 5.02 Å². The molecule has 4 atom stereocenters. The van der Waals surface area contributed by atoms with Crippen molar-refractivity contribution < 1.29 is 9.53 Å². The van der Waals surface area contributed by atoms with E-state index >= 15 is 0 Å². The number of halogens is 1. The van der Waals surface area contributed by atoms with Gasteiger partial charge in [-0.25, -0.2) is 0 Å². The Labute approximate surface area is 112 Å². The average molecular weight is 265 g/mol. The van der Waals surface area contributed by atoms with Crippen LogP contribution in [0.5, 0.6) is 0 Å². The van der Waals surface area contributed by atoms with E-state index in [1.807, 2.05) is 24.3 Å². The van der Waals surface area contributed by atoms with Crippen LogP contribution in [-0.2, 0) is 9.53 Å². The van der Waals surface area contributed by atoms with Gasteiger partial charge in [0, 0.05) is 10.9 Å². The first-order chi connectivity index (χ1) is 8.66. The van der Waals surface area contributed by atoms with Crippen molar-refractivity contribution in [2.24, 2.45) is 17.8 Å². The van der Waals surface area contributed by atoms with Crippen molar-refractivity contribution >= 4 is 17.6 Å². The number of hydrogen-bond acceptors (Lipinski definition) is 2. The lowest BCUT2D eigenvalue weighted by Crippen LogP contribution is -2.37. The fourth-order valence-corrected chi connectivity index (χ4v) is 3.61. The Morgan fingerprint density at radius 2 is 1.94 bits per heavy atom. The van der Waals surface area contributed by atoms with Gasteiger partial charge >= 0.3 is 5.97 Å². The first-order valence-electron chi connectivity index (χ1n) is 6.63. The molecule has 3 rings (SSSR count). The molecule has 2 fully saturated rings. The molecule has 0 N–H and O–H groups in total. The Morgan fingerprint density at radius 3 is 2.67 bits per heavy atom. The molecule has 2 aliphatic rings. The molecule has 0 spiro atoms. The van der Waals surface area contributed by atoms with Gasteiger partial charge in [0.25, 0.3) is 0 Å². The van der Waals surface area contributed by atoms with E-state index in [-0.39, 0.29) is 18.0 Å². The number of fused-ring (bicyclic) bond motifs is 1. The standard InChI is InChI=1S/C15H17ClO2/c1-9-12-3-2-4-13(12)15(17)18-14(9)10-5-7-11(16)8-6-10/h5-9,12-14H,2-4H2,1H3/t9?,12-,13?,14-/m1/s1. The summed E-state index contributed by atoms with van der Waals surface area (Å²) in [4.78, 5) is 12.0. The van der Waals surface area contributed by atoms with Crippen molar-refractivity contribution in [2.75, 3.05) is 0 Å². The van der Waals surface area contributed by atoms with Gasteiger partial charge in [-0.1, -0.05) is 37.1 Å². The van der Waals surface area contributed by atoms with E-state index in [4.69, 9.17) is 16.3 Å². The van der Waals surface area contributed by atoms with Crippen LogP contribution < -0.4 is 0 Å². The predicted octanol–water partition coefficient (Wildman–Crippen LogP) is 3.99. The number of cyclic esters (lactones) is 1. The third kappa shape index (κ3) is 1.93. The Morgan fingerprint density at radius 1 is 1.22 bits per heavy atom. The van der Waals surface area contributed by atoms with Crippen molar-refractivity contribution in [1.82, 2.24) is 0 Å². The highest BCUT2D eigenvalue weighted by atomic mass is 35.5. The lowest BCUT2D eigenvalue weighted by Gasteiger charge is -2.37. The molecule has 1 aromatic rings. The van der Waals surface area contributed by atoms with Gasteiger partial charge in [-0.15, -0.1) is 0 Å². The van der Waals surface area contributed by atoms with Gasteiger partial charge in [0.05, 0.1) is 5.92 Å². The second kappa shape index (κ2) is 4.58. The maximum absolute atomic E-state index is 12.0. The maximum Gasteiger partial charge on any atom is 0.309 e. The average Bonchev–Trinajstić information content (AvgIpc) is 2.85. The fraction of sp³-hybridized carbons (Fsp3) is 0.533. The number of hydrogen-bond donors (Lipinski definition) is 0. The lowest BCUT2D eigenvalue weighted by molar-refractivity contribution is -0.170. The normalized spacial score (nSPS) is 35.1. The summed E-state index contributed by atoms with van der Waals surface area (Å²) < 4.78 is 5.66. The van der Waals surface area contributed by atoms with Crippen LogP contribution in [0.1, 0.15) is 37.9 Å². The van der Waals surface area contributed by atoms with Crippen LogP contribution in [0.3, 0.4) is 0 Å². The fourth-order valence-electron chi connectivity index (χ4n) is 3.48. The summed E-state index contributed by atoms with van der Waals surface area (Å²) in [6.45, 7) is 2.20.